The van der Waals surface area contributed by atoms with Crippen LogP contribution < -0.4 is 5.32 Å². The molecular weight excluding hydrogens is 228 g/mol. The third-order valence-corrected chi connectivity index (χ3v) is 4.12. The monoisotopic (exact) mass is 250 g/mol. The molecule has 1 aromatic heterocycles. The molecule has 18 heavy (non-hydrogen) atoms. The van der Waals surface area contributed by atoms with Crippen LogP contribution in [0.1, 0.15) is 51.3 Å². The largest absolute Gasteiger partial charge is 0.367 e. The summed E-state index contributed by atoms with van der Waals surface area (Å²) in [6.45, 7) is 9.34. The summed E-state index contributed by atoms with van der Waals surface area (Å²) >= 11 is 0. The van der Waals surface area contributed by atoms with E-state index in [0.29, 0.717) is 12.0 Å². The minimum Gasteiger partial charge on any atom is -0.367 e. The number of ether oxygens (including phenoxy) is 1. The molecule has 0 bridgehead atoms. The fourth-order valence-corrected chi connectivity index (χ4v) is 3.07. The van der Waals surface area contributed by atoms with Crippen LogP contribution >= 0.6 is 0 Å². The highest BCUT2D eigenvalue weighted by Gasteiger charge is 2.39. The summed E-state index contributed by atoms with van der Waals surface area (Å²) in [7, 11) is 0. The van der Waals surface area contributed by atoms with E-state index < -0.39 is 0 Å². The van der Waals surface area contributed by atoms with E-state index in [9.17, 15) is 0 Å². The standard InChI is InChI=1S/C13H22N4O/c1-9(2)10-11-15-16-12(17(11)7-6-14-10)13(3)5-4-8-18-13/h9-10,14H,4-8H2,1-3H3. The van der Waals surface area contributed by atoms with Gasteiger partial charge in [0, 0.05) is 19.7 Å². The van der Waals surface area contributed by atoms with Crippen LogP contribution in [-0.2, 0) is 16.9 Å². The molecule has 0 spiro atoms. The first-order valence-corrected chi connectivity index (χ1v) is 6.93. The Labute approximate surface area is 108 Å². The van der Waals surface area contributed by atoms with Crippen LogP contribution in [0, 0.1) is 5.92 Å². The predicted molar refractivity (Wildman–Crippen MR) is 68.1 cm³/mol. The van der Waals surface area contributed by atoms with Gasteiger partial charge in [-0.05, 0) is 25.7 Å². The van der Waals surface area contributed by atoms with Gasteiger partial charge in [-0.1, -0.05) is 13.8 Å². The summed E-state index contributed by atoms with van der Waals surface area (Å²) < 4.78 is 8.17. The van der Waals surface area contributed by atoms with Gasteiger partial charge in [-0.15, -0.1) is 10.2 Å². The Balaban J connectivity index is 1.99. The highest BCUT2D eigenvalue weighted by molar-refractivity contribution is 5.11. The lowest BCUT2D eigenvalue weighted by Gasteiger charge is -2.30. The second kappa shape index (κ2) is 4.31. The third kappa shape index (κ3) is 1.77. The third-order valence-electron chi connectivity index (χ3n) is 4.12. The number of fused-ring (bicyclic) bond motifs is 1. The highest BCUT2D eigenvalue weighted by Crippen LogP contribution is 2.36. The predicted octanol–water partition coefficient (Wildman–Crippen LogP) is 1.60. The quantitative estimate of drug-likeness (QED) is 0.866. The van der Waals surface area contributed by atoms with E-state index in [4.69, 9.17) is 4.74 Å². The fraction of sp³-hybridized carbons (Fsp3) is 0.846. The molecular formula is C13H22N4O. The lowest BCUT2D eigenvalue weighted by atomic mass is 9.99. The molecule has 1 saturated heterocycles. The zero-order valence-electron chi connectivity index (χ0n) is 11.4. The summed E-state index contributed by atoms with van der Waals surface area (Å²) in [4.78, 5) is 0. The van der Waals surface area contributed by atoms with Gasteiger partial charge in [-0.3, -0.25) is 0 Å². The molecule has 2 atom stereocenters. The van der Waals surface area contributed by atoms with E-state index >= 15 is 0 Å². The molecule has 2 unspecified atom stereocenters. The van der Waals surface area contributed by atoms with Crippen molar-refractivity contribution in [3.8, 4) is 0 Å². The molecule has 0 radical (unpaired) electrons. The number of hydrogen-bond acceptors (Lipinski definition) is 4. The smallest absolute Gasteiger partial charge is 0.165 e. The SMILES string of the molecule is CC(C)C1NCCn2c1nnc2C1(C)CCCO1. The van der Waals surface area contributed by atoms with Crippen molar-refractivity contribution in [1.29, 1.82) is 0 Å². The lowest BCUT2D eigenvalue weighted by molar-refractivity contribution is 0.00556. The van der Waals surface area contributed by atoms with Crippen molar-refractivity contribution < 1.29 is 4.74 Å². The second-order valence-corrected chi connectivity index (χ2v) is 5.89. The fourth-order valence-electron chi connectivity index (χ4n) is 3.07. The molecule has 2 aliphatic rings. The molecule has 0 saturated carbocycles. The summed E-state index contributed by atoms with van der Waals surface area (Å²) in [5.74, 6) is 2.61. The van der Waals surface area contributed by atoms with E-state index in [1.807, 2.05) is 0 Å². The Morgan fingerprint density at radius 3 is 2.94 bits per heavy atom. The normalized spacial score (nSPS) is 31.9. The number of rotatable bonds is 2. The molecule has 5 nitrogen and oxygen atoms in total. The number of hydrogen-bond donors (Lipinski definition) is 1. The number of nitrogens with one attached hydrogen (secondary N) is 1. The Kier molecular flexibility index (Phi) is 2.90. The van der Waals surface area contributed by atoms with Crippen molar-refractivity contribution >= 4 is 0 Å². The van der Waals surface area contributed by atoms with Crippen LogP contribution in [-0.4, -0.2) is 27.9 Å². The minimum absolute atomic E-state index is 0.232. The lowest BCUT2D eigenvalue weighted by Crippen LogP contribution is -2.38. The molecule has 1 N–H and O–H groups in total. The molecule has 5 heteroatoms. The van der Waals surface area contributed by atoms with Gasteiger partial charge in [-0.2, -0.15) is 0 Å². The Hall–Kier alpha value is -0.940. The number of aromatic nitrogens is 3. The van der Waals surface area contributed by atoms with Crippen molar-refractivity contribution in [1.82, 2.24) is 20.1 Å². The molecule has 3 rings (SSSR count). The maximum Gasteiger partial charge on any atom is 0.165 e. The molecule has 1 aromatic rings. The van der Waals surface area contributed by atoms with Gasteiger partial charge < -0.3 is 14.6 Å². The maximum atomic E-state index is 5.90. The van der Waals surface area contributed by atoms with Crippen molar-refractivity contribution in [3.05, 3.63) is 11.6 Å². The van der Waals surface area contributed by atoms with E-state index in [2.05, 4.69) is 40.9 Å². The van der Waals surface area contributed by atoms with Gasteiger partial charge in [0.25, 0.3) is 0 Å². The molecule has 100 valence electrons. The van der Waals surface area contributed by atoms with Crippen molar-refractivity contribution in [2.45, 2.75) is 51.8 Å². The zero-order chi connectivity index (χ0) is 12.8. The Morgan fingerprint density at radius 2 is 2.28 bits per heavy atom. The van der Waals surface area contributed by atoms with Crippen molar-refractivity contribution in [3.63, 3.8) is 0 Å². The summed E-state index contributed by atoms with van der Waals surface area (Å²) in [5.41, 5.74) is -0.232. The maximum absolute atomic E-state index is 5.90. The molecule has 0 aromatic carbocycles. The van der Waals surface area contributed by atoms with Crippen molar-refractivity contribution in [2.75, 3.05) is 13.2 Å². The molecule has 2 aliphatic heterocycles. The molecule has 3 heterocycles. The van der Waals surface area contributed by atoms with Gasteiger partial charge in [0.1, 0.15) is 5.60 Å². The van der Waals surface area contributed by atoms with Gasteiger partial charge in [0.2, 0.25) is 0 Å². The van der Waals surface area contributed by atoms with E-state index in [0.717, 1.165) is 44.2 Å². The van der Waals surface area contributed by atoms with Gasteiger partial charge in [0.05, 0.1) is 6.04 Å². The van der Waals surface area contributed by atoms with Crippen LogP contribution in [0.3, 0.4) is 0 Å². The minimum atomic E-state index is -0.232. The van der Waals surface area contributed by atoms with E-state index in [1.165, 1.54) is 0 Å². The average molecular weight is 250 g/mol. The zero-order valence-corrected chi connectivity index (χ0v) is 11.4. The Morgan fingerprint density at radius 1 is 1.44 bits per heavy atom. The summed E-state index contributed by atoms with van der Waals surface area (Å²) in [6.07, 6.45) is 2.16. The van der Waals surface area contributed by atoms with Crippen LogP contribution in [0.5, 0.6) is 0 Å². The average Bonchev–Trinajstić information content (AvgIpc) is 2.94. The Bertz CT molecular complexity index is 434. The molecule has 0 aliphatic carbocycles. The molecule has 0 amide bonds. The van der Waals surface area contributed by atoms with Crippen LogP contribution in [0.25, 0.3) is 0 Å². The van der Waals surface area contributed by atoms with Crippen molar-refractivity contribution in [2.24, 2.45) is 5.92 Å². The topological polar surface area (TPSA) is 52.0 Å². The first-order valence-electron chi connectivity index (χ1n) is 6.93. The number of nitrogens with zero attached hydrogens (tertiary/aromatic N) is 3. The van der Waals surface area contributed by atoms with Crippen LogP contribution in [0.2, 0.25) is 0 Å². The first-order chi connectivity index (χ1) is 8.62. The second-order valence-electron chi connectivity index (χ2n) is 5.89. The first kappa shape index (κ1) is 12.1. The van der Waals surface area contributed by atoms with Gasteiger partial charge in [0.15, 0.2) is 11.6 Å². The van der Waals surface area contributed by atoms with Gasteiger partial charge in [-0.25, -0.2) is 0 Å². The van der Waals surface area contributed by atoms with E-state index in [1.54, 1.807) is 0 Å². The highest BCUT2D eigenvalue weighted by atomic mass is 16.5. The van der Waals surface area contributed by atoms with E-state index in [-0.39, 0.29) is 5.60 Å². The van der Waals surface area contributed by atoms with Crippen LogP contribution in [0.4, 0.5) is 0 Å². The van der Waals surface area contributed by atoms with Crippen LogP contribution in [0.15, 0.2) is 0 Å². The van der Waals surface area contributed by atoms with Gasteiger partial charge >= 0.3 is 0 Å². The summed E-state index contributed by atoms with van der Waals surface area (Å²) in [5, 5.41) is 12.4. The molecule has 1 fully saturated rings. The summed E-state index contributed by atoms with van der Waals surface area (Å²) in [6, 6.07) is 0.310.